The van der Waals surface area contributed by atoms with Crippen molar-refractivity contribution in [3.63, 3.8) is 0 Å². The van der Waals surface area contributed by atoms with Crippen LogP contribution in [0.1, 0.15) is 11.3 Å². The van der Waals surface area contributed by atoms with Gasteiger partial charge in [-0.05, 0) is 28.9 Å². The Hall–Kier alpha value is -2.15. The first-order valence-electron chi connectivity index (χ1n) is 6.32. The maximum atomic E-state index is 11.3. The Morgan fingerprint density at radius 2 is 2.29 bits per heavy atom. The lowest BCUT2D eigenvalue weighted by Crippen LogP contribution is -2.04. The van der Waals surface area contributed by atoms with Gasteiger partial charge in [-0.2, -0.15) is 0 Å². The SMILES string of the molecule is COC(=O)Cc1cn2[nH]c(-c3cncc(Br)c3)c(C)c2n1. The van der Waals surface area contributed by atoms with E-state index in [1.54, 1.807) is 18.6 Å². The summed E-state index contributed by atoms with van der Waals surface area (Å²) in [7, 11) is 1.37. The van der Waals surface area contributed by atoms with E-state index in [-0.39, 0.29) is 12.4 Å². The molecule has 0 aliphatic rings. The monoisotopic (exact) mass is 348 g/mol. The number of carbonyl (C=O) groups excluding carboxylic acids is 1. The molecular weight excluding hydrogens is 336 g/mol. The van der Waals surface area contributed by atoms with E-state index in [2.05, 4.69) is 35.7 Å². The van der Waals surface area contributed by atoms with Crippen molar-refractivity contribution in [2.24, 2.45) is 0 Å². The summed E-state index contributed by atoms with van der Waals surface area (Å²) in [6, 6.07) is 1.99. The molecule has 0 unspecified atom stereocenters. The number of H-pyrrole nitrogens is 1. The number of ether oxygens (including phenoxy) is 1. The van der Waals surface area contributed by atoms with E-state index in [0.29, 0.717) is 5.69 Å². The van der Waals surface area contributed by atoms with E-state index in [0.717, 1.165) is 26.9 Å². The number of nitrogens with zero attached hydrogens (tertiary/aromatic N) is 3. The van der Waals surface area contributed by atoms with Crippen LogP contribution in [0.5, 0.6) is 0 Å². The quantitative estimate of drug-likeness (QED) is 0.738. The van der Waals surface area contributed by atoms with Crippen LogP contribution in [0.4, 0.5) is 0 Å². The van der Waals surface area contributed by atoms with Crippen molar-refractivity contribution in [2.75, 3.05) is 7.11 Å². The second-order valence-electron chi connectivity index (χ2n) is 4.68. The van der Waals surface area contributed by atoms with Gasteiger partial charge in [-0.15, -0.1) is 0 Å². The molecule has 0 aliphatic heterocycles. The minimum absolute atomic E-state index is 0.166. The van der Waals surface area contributed by atoms with Gasteiger partial charge < -0.3 is 4.74 Å². The van der Waals surface area contributed by atoms with Gasteiger partial charge in [0, 0.05) is 28.0 Å². The minimum Gasteiger partial charge on any atom is -0.469 e. The maximum Gasteiger partial charge on any atom is 0.311 e. The second kappa shape index (κ2) is 5.33. The van der Waals surface area contributed by atoms with Crippen LogP contribution in [0, 0.1) is 6.92 Å². The van der Waals surface area contributed by atoms with E-state index in [1.165, 1.54) is 7.11 Å². The molecule has 21 heavy (non-hydrogen) atoms. The third-order valence-corrected chi connectivity index (χ3v) is 3.68. The number of imidazole rings is 1. The summed E-state index contributed by atoms with van der Waals surface area (Å²) < 4.78 is 7.38. The number of aryl methyl sites for hydroxylation is 1. The van der Waals surface area contributed by atoms with Crippen molar-refractivity contribution >= 4 is 27.5 Å². The van der Waals surface area contributed by atoms with Gasteiger partial charge in [-0.1, -0.05) is 0 Å². The Kier molecular flexibility index (Phi) is 3.50. The van der Waals surface area contributed by atoms with Gasteiger partial charge in [-0.25, -0.2) is 9.50 Å². The van der Waals surface area contributed by atoms with Crippen molar-refractivity contribution in [1.29, 1.82) is 0 Å². The molecule has 1 N–H and O–H groups in total. The Morgan fingerprint density at radius 3 is 2.95 bits per heavy atom. The molecule has 0 saturated heterocycles. The number of fused-ring (bicyclic) bond motifs is 1. The molecule has 3 aromatic heterocycles. The van der Waals surface area contributed by atoms with Crippen molar-refractivity contribution < 1.29 is 9.53 Å². The average Bonchev–Trinajstić information content (AvgIpc) is 2.98. The van der Waals surface area contributed by atoms with Gasteiger partial charge in [0.1, 0.15) is 0 Å². The zero-order valence-electron chi connectivity index (χ0n) is 11.6. The fraction of sp³-hybridized carbons (Fsp3) is 0.214. The van der Waals surface area contributed by atoms with Crippen LogP contribution in [0.25, 0.3) is 16.9 Å². The Labute approximate surface area is 129 Å². The predicted octanol–water partition coefficient (Wildman–Crippen LogP) is 2.51. The Morgan fingerprint density at radius 1 is 1.48 bits per heavy atom. The molecule has 0 spiro atoms. The molecule has 0 amide bonds. The van der Waals surface area contributed by atoms with Crippen LogP contribution < -0.4 is 0 Å². The fourth-order valence-corrected chi connectivity index (χ4v) is 2.59. The molecular formula is C14H13BrN4O2. The lowest BCUT2D eigenvalue weighted by molar-refractivity contribution is -0.139. The number of aromatic amines is 1. The van der Waals surface area contributed by atoms with Crippen LogP contribution in [0.15, 0.2) is 29.1 Å². The first-order chi connectivity index (χ1) is 10.1. The first-order valence-corrected chi connectivity index (χ1v) is 7.12. The summed E-state index contributed by atoms with van der Waals surface area (Å²) in [6.45, 7) is 1.98. The highest BCUT2D eigenvalue weighted by molar-refractivity contribution is 9.10. The number of hydrogen-bond donors (Lipinski definition) is 1. The lowest BCUT2D eigenvalue weighted by Gasteiger charge is -2.00. The minimum atomic E-state index is -0.301. The fourth-order valence-electron chi connectivity index (χ4n) is 2.23. The smallest absolute Gasteiger partial charge is 0.311 e. The number of pyridine rings is 1. The van der Waals surface area contributed by atoms with Crippen molar-refractivity contribution in [3.05, 3.63) is 40.4 Å². The van der Waals surface area contributed by atoms with Crippen LogP contribution in [-0.4, -0.2) is 32.7 Å². The number of hydrogen-bond acceptors (Lipinski definition) is 4. The second-order valence-corrected chi connectivity index (χ2v) is 5.60. The van der Waals surface area contributed by atoms with E-state index in [1.807, 2.05) is 17.5 Å². The van der Waals surface area contributed by atoms with Crippen molar-refractivity contribution in [3.8, 4) is 11.3 Å². The van der Waals surface area contributed by atoms with E-state index in [4.69, 9.17) is 0 Å². The normalized spacial score (nSPS) is 11.0. The van der Waals surface area contributed by atoms with Gasteiger partial charge in [0.15, 0.2) is 5.65 Å². The van der Waals surface area contributed by atoms with Crippen LogP contribution in [0.3, 0.4) is 0 Å². The molecule has 0 aliphatic carbocycles. The van der Waals surface area contributed by atoms with Gasteiger partial charge in [0.05, 0.1) is 31.1 Å². The molecule has 0 saturated carbocycles. The molecule has 0 fully saturated rings. The molecule has 108 valence electrons. The Bertz CT molecular complexity index is 822. The lowest BCUT2D eigenvalue weighted by atomic mass is 10.1. The number of halogens is 1. The molecule has 0 atom stereocenters. The molecule has 3 rings (SSSR count). The first kappa shape index (κ1) is 13.8. The average molecular weight is 349 g/mol. The summed E-state index contributed by atoms with van der Waals surface area (Å²) in [4.78, 5) is 19.9. The maximum absolute atomic E-state index is 11.3. The number of aromatic nitrogens is 4. The number of methoxy groups -OCH3 is 1. The molecule has 0 radical (unpaired) electrons. The van der Waals surface area contributed by atoms with Gasteiger partial charge in [0.2, 0.25) is 0 Å². The number of nitrogens with one attached hydrogen (secondary N) is 1. The van der Waals surface area contributed by atoms with E-state index in [9.17, 15) is 4.79 Å². The topological polar surface area (TPSA) is 72.3 Å². The van der Waals surface area contributed by atoms with Crippen molar-refractivity contribution in [1.82, 2.24) is 19.6 Å². The molecule has 3 aromatic rings. The summed E-state index contributed by atoms with van der Waals surface area (Å²) in [5, 5.41) is 3.26. The zero-order chi connectivity index (χ0) is 15.0. The number of esters is 1. The van der Waals surface area contributed by atoms with E-state index < -0.39 is 0 Å². The standard InChI is InChI=1S/C14H13BrN4O2/c1-8-13(9-3-10(15)6-16-5-9)18-19-7-11(17-14(8)19)4-12(20)21-2/h3,5-7,18H,4H2,1-2H3. The molecule has 7 heteroatoms. The highest BCUT2D eigenvalue weighted by Gasteiger charge is 2.15. The Balaban J connectivity index is 2.02. The zero-order valence-corrected chi connectivity index (χ0v) is 13.1. The van der Waals surface area contributed by atoms with E-state index >= 15 is 0 Å². The van der Waals surface area contributed by atoms with Crippen LogP contribution in [-0.2, 0) is 16.0 Å². The van der Waals surface area contributed by atoms with Crippen molar-refractivity contribution in [2.45, 2.75) is 13.3 Å². The van der Waals surface area contributed by atoms with Gasteiger partial charge in [-0.3, -0.25) is 14.9 Å². The third kappa shape index (κ3) is 2.56. The third-order valence-electron chi connectivity index (χ3n) is 3.25. The summed E-state index contributed by atoms with van der Waals surface area (Å²) in [6.07, 6.45) is 5.49. The molecule has 0 bridgehead atoms. The molecule has 0 aromatic carbocycles. The molecule has 3 heterocycles. The highest BCUT2D eigenvalue weighted by Crippen LogP contribution is 2.26. The van der Waals surface area contributed by atoms with Crippen LogP contribution in [0.2, 0.25) is 0 Å². The van der Waals surface area contributed by atoms with Crippen LogP contribution >= 0.6 is 15.9 Å². The largest absolute Gasteiger partial charge is 0.469 e. The predicted molar refractivity (Wildman–Crippen MR) is 80.9 cm³/mol. The summed E-state index contributed by atoms with van der Waals surface area (Å²) in [5.74, 6) is -0.301. The number of carbonyl (C=O) groups is 1. The summed E-state index contributed by atoms with van der Waals surface area (Å²) >= 11 is 3.42. The van der Waals surface area contributed by atoms with Gasteiger partial charge >= 0.3 is 5.97 Å². The van der Waals surface area contributed by atoms with Gasteiger partial charge in [0.25, 0.3) is 0 Å². The molecule has 6 nitrogen and oxygen atoms in total. The number of rotatable bonds is 3. The highest BCUT2D eigenvalue weighted by atomic mass is 79.9. The summed E-state index contributed by atoms with van der Waals surface area (Å²) in [5.41, 5.74) is 4.41.